The SMILES string of the molecule is Cc1ccccc1[C@@H](NC(=O)c1cc(NS(C)(=O)=O)ccc1Cl)c1ccccc1. The van der Waals surface area contributed by atoms with E-state index in [0.29, 0.717) is 0 Å². The van der Waals surface area contributed by atoms with Crippen LogP contribution in [0.25, 0.3) is 0 Å². The topological polar surface area (TPSA) is 75.3 Å². The van der Waals surface area contributed by atoms with E-state index < -0.39 is 15.9 Å². The molecule has 29 heavy (non-hydrogen) atoms. The Bertz CT molecular complexity index is 1130. The number of carbonyl (C=O) groups is 1. The molecule has 3 rings (SSSR count). The van der Waals surface area contributed by atoms with Crippen molar-refractivity contribution in [2.45, 2.75) is 13.0 Å². The van der Waals surface area contributed by atoms with Crippen LogP contribution in [0.5, 0.6) is 0 Å². The highest BCUT2D eigenvalue weighted by Gasteiger charge is 2.21. The minimum Gasteiger partial charge on any atom is -0.341 e. The van der Waals surface area contributed by atoms with Crippen LogP contribution in [0.15, 0.2) is 72.8 Å². The fraction of sp³-hybridized carbons (Fsp3) is 0.136. The van der Waals surface area contributed by atoms with Crippen molar-refractivity contribution in [3.05, 3.63) is 100 Å². The summed E-state index contributed by atoms with van der Waals surface area (Å²) in [5, 5.41) is 3.27. The summed E-state index contributed by atoms with van der Waals surface area (Å²) < 4.78 is 25.4. The molecule has 0 fully saturated rings. The third-order valence-corrected chi connectivity index (χ3v) is 5.36. The molecule has 7 heteroatoms. The van der Waals surface area contributed by atoms with Gasteiger partial charge in [0.15, 0.2) is 0 Å². The molecule has 1 amide bonds. The minimum atomic E-state index is -3.47. The number of benzene rings is 3. The number of nitrogens with one attached hydrogen (secondary N) is 2. The second-order valence-corrected chi connectivity index (χ2v) is 8.90. The van der Waals surface area contributed by atoms with Gasteiger partial charge in [0.1, 0.15) is 0 Å². The van der Waals surface area contributed by atoms with Crippen LogP contribution < -0.4 is 10.0 Å². The maximum absolute atomic E-state index is 13.1. The summed E-state index contributed by atoms with van der Waals surface area (Å²) >= 11 is 6.23. The first-order valence-electron chi connectivity index (χ1n) is 8.93. The van der Waals surface area contributed by atoms with Gasteiger partial charge in [-0.2, -0.15) is 0 Å². The number of amides is 1. The van der Waals surface area contributed by atoms with Crippen LogP contribution in [0, 0.1) is 6.92 Å². The molecule has 0 radical (unpaired) electrons. The molecule has 0 saturated heterocycles. The molecule has 3 aromatic carbocycles. The monoisotopic (exact) mass is 428 g/mol. The molecule has 0 bridgehead atoms. The standard InChI is InChI=1S/C22H21ClN2O3S/c1-15-8-6-7-11-18(15)21(16-9-4-3-5-10-16)24-22(26)19-14-17(12-13-20(19)23)25-29(2,27)28/h3-14,21,25H,1-2H3,(H,24,26)/t21-/m0/s1. The van der Waals surface area contributed by atoms with Gasteiger partial charge in [0.2, 0.25) is 10.0 Å². The van der Waals surface area contributed by atoms with Gasteiger partial charge >= 0.3 is 0 Å². The second kappa shape index (κ2) is 8.68. The van der Waals surface area contributed by atoms with Gasteiger partial charge in [-0.25, -0.2) is 8.42 Å². The van der Waals surface area contributed by atoms with E-state index in [1.807, 2.05) is 61.5 Å². The van der Waals surface area contributed by atoms with Gasteiger partial charge in [0.25, 0.3) is 5.91 Å². The number of halogens is 1. The van der Waals surface area contributed by atoms with Crippen LogP contribution >= 0.6 is 11.6 Å². The number of hydrogen-bond donors (Lipinski definition) is 2. The zero-order valence-corrected chi connectivity index (χ0v) is 17.6. The quantitative estimate of drug-likeness (QED) is 0.605. The fourth-order valence-electron chi connectivity index (χ4n) is 3.08. The predicted octanol–water partition coefficient (Wildman–Crippen LogP) is 4.54. The molecule has 0 aliphatic carbocycles. The van der Waals surface area contributed by atoms with Crippen molar-refractivity contribution in [1.82, 2.24) is 5.32 Å². The Morgan fingerprint density at radius 1 is 0.966 bits per heavy atom. The summed E-state index contributed by atoms with van der Waals surface area (Å²) in [6, 6.07) is 21.5. The number of sulfonamides is 1. The highest BCUT2D eigenvalue weighted by molar-refractivity contribution is 7.92. The number of anilines is 1. The molecule has 2 N–H and O–H groups in total. The van der Waals surface area contributed by atoms with Crippen LogP contribution in [-0.2, 0) is 10.0 Å². The molecule has 0 saturated carbocycles. The van der Waals surface area contributed by atoms with Crippen LogP contribution in [0.2, 0.25) is 5.02 Å². The second-order valence-electron chi connectivity index (χ2n) is 6.74. The molecule has 5 nitrogen and oxygen atoms in total. The van der Waals surface area contributed by atoms with Crippen molar-refractivity contribution < 1.29 is 13.2 Å². The van der Waals surface area contributed by atoms with Crippen molar-refractivity contribution >= 4 is 33.2 Å². The van der Waals surface area contributed by atoms with Gasteiger partial charge in [0.05, 0.1) is 22.9 Å². The molecule has 1 atom stereocenters. The van der Waals surface area contributed by atoms with E-state index in [0.717, 1.165) is 22.9 Å². The summed E-state index contributed by atoms with van der Waals surface area (Å²) in [7, 11) is -3.47. The lowest BCUT2D eigenvalue weighted by molar-refractivity contribution is 0.0943. The largest absolute Gasteiger partial charge is 0.341 e. The van der Waals surface area contributed by atoms with Gasteiger partial charge < -0.3 is 5.32 Å². The smallest absolute Gasteiger partial charge is 0.253 e. The molecule has 0 unspecified atom stereocenters. The van der Waals surface area contributed by atoms with Crippen LogP contribution in [0.1, 0.15) is 33.1 Å². The Hall–Kier alpha value is -2.83. The van der Waals surface area contributed by atoms with Gasteiger partial charge in [-0.1, -0.05) is 66.2 Å². The molecule has 0 aliphatic heterocycles. The molecular formula is C22H21ClN2O3S. The van der Waals surface area contributed by atoms with Crippen molar-refractivity contribution in [1.29, 1.82) is 0 Å². The number of hydrogen-bond acceptors (Lipinski definition) is 3. The van der Waals surface area contributed by atoms with Crippen molar-refractivity contribution in [3.63, 3.8) is 0 Å². The van der Waals surface area contributed by atoms with Crippen molar-refractivity contribution in [2.24, 2.45) is 0 Å². The molecular weight excluding hydrogens is 408 g/mol. The molecule has 0 spiro atoms. The van der Waals surface area contributed by atoms with E-state index in [1.165, 1.54) is 18.2 Å². The summed E-state index contributed by atoms with van der Waals surface area (Å²) in [5.41, 5.74) is 3.40. The Morgan fingerprint density at radius 2 is 1.62 bits per heavy atom. The first-order valence-corrected chi connectivity index (χ1v) is 11.2. The van der Waals surface area contributed by atoms with Gasteiger partial charge in [-0.05, 0) is 41.8 Å². The lowest BCUT2D eigenvalue weighted by Crippen LogP contribution is -2.30. The molecule has 0 aliphatic rings. The Balaban J connectivity index is 1.98. The first-order chi connectivity index (χ1) is 13.7. The molecule has 3 aromatic rings. The number of carbonyl (C=O) groups excluding carboxylic acids is 1. The summed E-state index contributed by atoms with van der Waals surface area (Å²) in [6.07, 6.45) is 1.05. The highest BCUT2D eigenvalue weighted by Crippen LogP contribution is 2.27. The third-order valence-electron chi connectivity index (χ3n) is 4.42. The minimum absolute atomic E-state index is 0.190. The van der Waals surface area contributed by atoms with E-state index in [2.05, 4.69) is 10.0 Å². The normalized spacial score (nSPS) is 12.2. The Labute approximate surface area is 175 Å². The van der Waals surface area contributed by atoms with Gasteiger partial charge in [0, 0.05) is 5.69 Å². The number of rotatable bonds is 6. The van der Waals surface area contributed by atoms with Gasteiger partial charge in [-0.15, -0.1) is 0 Å². The third kappa shape index (κ3) is 5.37. The summed E-state index contributed by atoms with van der Waals surface area (Å²) in [6.45, 7) is 1.99. The average molecular weight is 429 g/mol. The molecule has 0 heterocycles. The maximum atomic E-state index is 13.1. The van der Waals surface area contributed by atoms with Crippen molar-refractivity contribution in [3.8, 4) is 0 Å². The molecule has 150 valence electrons. The van der Waals surface area contributed by atoms with E-state index in [4.69, 9.17) is 11.6 Å². The van der Waals surface area contributed by atoms with E-state index in [9.17, 15) is 13.2 Å². The van der Waals surface area contributed by atoms with E-state index in [-0.39, 0.29) is 22.3 Å². The Morgan fingerprint density at radius 3 is 2.28 bits per heavy atom. The van der Waals surface area contributed by atoms with Crippen LogP contribution in [0.3, 0.4) is 0 Å². The predicted molar refractivity (Wildman–Crippen MR) is 117 cm³/mol. The lowest BCUT2D eigenvalue weighted by Gasteiger charge is -2.22. The zero-order chi connectivity index (χ0) is 21.0. The summed E-state index contributed by atoms with van der Waals surface area (Å²) in [4.78, 5) is 13.1. The van der Waals surface area contributed by atoms with Crippen LogP contribution in [0.4, 0.5) is 5.69 Å². The number of aryl methyl sites for hydroxylation is 1. The van der Waals surface area contributed by atoms with Gasteiger partial charge in [-0.3, -0.25) is 9.52 Å². The first kappa shape index (κ1) is 20.9. The fourth-order valence-corrected chi connectivity index (χ4v) is 3.84. The van der Waals surface area contributed by atoms with E-state index >= 15 is 0 Å². The van der Waals surface area contributed by atoms with Crippen LogP contribution in [-0.4, -0.2) is 20.6 Å². The zero-order valence-electron chi connectivity index (χ0n) is 16.0. The molecule has 0 aromatic heterocycles. The van der Waals surface area contributed by atoms with E-state index in [1.54, 1.807) is 0 Å². The summed E-state index contributed by atoms with van der Waals surface area (Å²) in [5.74, 6) is -0.399. The lowest BCUT2D eigenvalue weighted by atomic mass is 9.94. The van der Waals surface area contributed by atoms with Crippen molar-refractivity contribution in [2.75, 3.05) is 11.0 Å². The maximum Gasteiger partial charge on any atom is 0.253 e. The average Bonchev–Trinajstić information content (AvgIpc) is 2.68. The Kier molecular flexibility index (Phi) is 6.25. The highest BCUT2D eigenvalue weighted by atomic mass is 35.5.